The molecule has 1 aromatic carbocycles. The molecule has 0 radical (unpaired) electrons. The number of aromatic nitrogens is 4. The van der Waals surface area contributed by atoms with Crippen molar-refractivity contribution in [2.75, 3.05) is 25.2 Å². The normalized spacial score (nSPS) is 17.7. The first-order valence-electron chi connectivity index (χ1n) is 10.6. The van der Waals surface area contributed by atoms with Crippen molar-refractivity contribution < 1.29 is 13.2 Å². The van der Waals surface area contributed by atoms with Gasteiger partial charge in [-0.1, -0.05) is 6.92 Å². The fourth-order valence-electron chi connectivity index (χ4n) is 4.04. The topological polar surface area (TPSA) is 82.2 Å². The van der Waals surface area contributed by atoms with E-state index in [1.54, 1.807) is 24.2 Å². The maximum Gasteiger partial charge on any atom is 0.204 e. The van der Waals surface area contributed by atoms with Crippen LogP contribution < -0.4 is 4.74 Å². The highest BCUT2D eigenvalue weighted by atomic mass is 32.2. The van der Waals surface area contributed by atoms with E-state index in [-0.39, 0.29) is 17.5 Å². The van der Waals surface area contributed by atoms with Crippen LogP contribution in [0.5, 0.6) is 5.75 Å². The summed E-state index contributed by atoms with van der Waals surface area (Å²) in [7, 11) is -1.35. The molecule has 0 aliphatic carbocycles. The smallest absolute Gasteiger partial charge is 0.204 e. The van der Waals surface area contributed by atoms with Crippen LogP contribution in [0.15, 0.2) is 48.8 Å². The van der Waals surface area contributed by atoms with Crippen LogP contribution in [0.25, 0.3) is 17.1 Å². The predicted molar refractivity (Wildman–Crippen MR) is 126 cm³/mol. The summed E-state index contributed by atoms with van der Waals surface area (Å²) in [6.07, 6.45) is 5.01. The molecule has 1 aliphatic rings. The summed E-state index contributed by atoms with van der Waals surface area (Å²) in [6.45, 7) is 3.31. The van der Waals surface area contributed by atoms with Crippen LogP contribution in [0.1, 0.15) is 19.8 Å². The molecule has 1 aliphatic heterocycles. The molecule has 1 unspecified atom stereocenters. The predicted octanol–water partition coefficient (Wildman–Crippen LogP) is 3.33. The largest absolute Gasteiger partial charge is 0.497 e. The van der Waals surface area contributed by atoms with E-state index in [0.29, 0.717) is 23.7 Å². The number of rotatable bonds is 8. The number of hydrogen-bond donors (Lipinski definition) is 0. The first-order chi connectivity index (χ1) is 15.4. The Morgan fingerprint density at radius 1 is 1.19 bits per heavy atom. The van der Waals surface area contributed by atoms with Gasteiger partial charge >= 0.3 is 0 Å². The zero-order chi connectivity index (χ0) is 22.7. The lowest BCUT2D eigenvalue weighted by Crippen LogP contribution is -2.38. The van der Waals surface area contributed by atoms with Crippen molar-refractivity contribution in [3.8, 4) is 22.8 Å². The Hall–Kier alpha value is -2.56. The Balaban J connectivity index is 1.75. The van der Waals surface area contributed by atoms with E-state index < -0.39 is 9.84 Å². The molecule has 0 spiro atoms. The Labute approximate surface area is 193 Å². The molecule has 0 amide bonds. The molecule has 170 valence electrons. The van der Waals surface area contributed by atoms with Crippen LogP contribution in [-0.2, 0) is 16.5 Å². The summed E-state index contributed by atoms with van der Waals surface area (Å²) in [4.78, 5) is 6.29. The molecule has 3 aromatic rings. The van der Waals surface area contributed by atoms with E-state index in [0.717, 1.165) is 30.0 Å². The lowest BCUT2D eigenvalue weighted by atomic mass is 10.2. The SMILES string of the molecule is CCCN(Cn1nc(-c2ccncc2)n(-c2ccc(OC)cc2)c1=S)C1CCS(=O)(=O)C1. The Kier molecular flexibility index (Phi) is 6.73. The molecule has 0 bridgehead atoms. The van der Waals surface area contributed by atoms with E-state index in [1.165, 1.54) is 0 Å². The average molecular weight is 474 g/mol. The molecule has 3 heterocycles. The van der Waals surface area contributed by atoms with Gasteiger partial charge in [0.25, 0.3) is 0 Å². The third-order valence-corrected chi connectivity index (χ3v) is 7.80. The molecule has 2 aromatic heterocycles. The monoisotopic (exact) mass is 473 g/mol. The van der Waals surface area contributed by atoms with E-state index in [2.05, 4.69) is 16.8 Å². The van der Waals surface area contributed by atoms with Gasteiger partial charge in [0.05, 0.1) is 31.0 Å². The fraction of sp³-hybridized carbons (Fsp3) is 0.409. The highest BCUT2D eigenvalue weighted by Gasteiger charge is 2.32. The second-order valence-electron chi connectivity index (χ2n) is 7.89. The Bertz CT molecular complexity index is 1220. The van der Waals surface area contributed by atoms with Gasteiger partial charge in [-0.2, -0.15) is 0 Å². The quantitative estimate of drug-likeness (QED) is 0.464. The number of pyridine rings is 1. The maximum absolute atomic E-state index is 12.1. The first-order valence-corrected chi connectivity index (χ1v) is 12.8. The lowest BCUT2D eigenvalue weighted by molar-refractivity contribution is 0.155. The third-order valence-electron chi connectivity index (χ3n) is 5.66. The minimum Gasteiger partial charge on any atom is -0.497 e. The summed E-state index contributed by atoms with van der Waals surface area (Å²) in [5, 5.41) is 4.85. The molecule has 4 rings (SSSR count). The van der Waals surface area contributed by atoms with Gasteiger partial charge in [-0.15, -0.1) is 5.10 Å². The van der Waals surface area contributed by atoms with Crippen LogP contribution in [0, 0.1) is 4.77 Å². The van der Waals surface area contributed by atoms with Crippen molar-refractivity contribution in [2.45, 2.75) is 32.5 Å². The molecule has 1 fully saturated rings. The Morgan fingerprint density at radius 2 is 1.91 bits per heavy atom. The summed E-state index contributed by atoms with van der Waals surface area (Å²) in [6, 6.07) is 11.4. The van der Waals surface area contributed by atoms with Crippen molar-refractivity contribution >= 4 is 22.1 Å². The average Bonchev–Trinajstić information content (AvgIpc) is 3.33. The van der Waals surface area contributed by atoms with E-state index in [9.17, 15) is 8.42 Å². The van der Waals surface area contributed by atoms with Crippen LogP contribution in [-0.4, -0.2) is 63.9 Å². The number of nitrogens with zero attached hydrogens (tertiary/aromatic N) is 5. The van der Waals surface area contributed by atoms with Gasteiger partial charge in [-0.05, 0) is 68.0 Å². The number of sulfone groups is 1. The highest BCUT2D eigenvalue weighted by molar-refractivity contribution is 7.91. The molecule has 0 N–H and O–H groups in total. The van der Waals surface area contributed by atoms with Gasteiger partial charge < -0.3 is 4.74 Å². The fourth-order valence-corrected chi connectivity index (χ4v) is 6.10. The van der Waals surface area contributed by atoms with Gasteiger partial charge in [-0.25, -0.2) is 13.1 Å². The maximum atomic E-state index is 12.1. The van der Waals surface area contributed by atoms with Crippen molar-refractivity contribution in [2.24, 2.45) is 0 Å². The molecular weight excluding hydrogens is 446 g/mol. The summed E-state index contributed by atoms with van der Waals surface area (Å²) in [5.41, 5.74) is 1.77. The second-order valence-corrected chi connectivity index (χ2v) is 10.5. The lowest BCUT2D eigenvalue weighted by Gasteiger charge is -2.27. The van der Waals surface area contributed by atoms with Crippen molar-refractivity contribution in [3.05, 3.63) is 53.6 Å². The van der Waals surface area contributed by atoms with Gasteiger partial charge in [0.1, 0.15) is 5.75 Å². The van der Waals surface area contributed by atoms with Crippen molar-refractivity contribution in [3.63, 3.8) is 0 Å². The molecule has 1 atom stereocenters. The van der Waals surface area contributed by atoms with Crippen LogP contribution >= 0.6 is 12.2 Å². The molecule has 1 saturated heterocycles. The number of benzene rings is 1. The standard InChI is InChI=1S/C22H27N5O3S2/c1-3-13-25(19-10-14-32(28,29)15-19)16-26-22(31)27(18-4-6-20(30-2)7-5-18)21(24-26)17-8-11-23-12-9-17/h4-9,11-12,19H,3,10,13-16H2,1-2H3. The van der Waals surface area contributed by atoms with Crippen molar-refractivity contribution in [1.82, 2.24) is 24.2 Å². The number of ether oxygens (including phenoxy) is 1. The summed E-state index contributed by atoms with van der Waals surface area (Å²) >= 11 is 5.85. The molecular formula is C22H27N5O3S2. The van der Waals surface area contributed by atoms with Crippen LogP contribution in [0.3, 0.4) is 0 Å². The zero-order valence-electron chi connectivity index (χ0n) is 18.2. The molecule has 8 nitrogen and oxygen atoms in total. The third kappa shape index (κ3) is 4.77. The minimum atomic E-state index is -2.98. The molecule has 10 heteroatoms. The van der Waals surface area contributed by atoms with Crippen LogP contribution in [0.2, 0.25) is 0 Å². The highest BCUT2D eigenvalue weighted by Crippen LogP contribution is 2.25. The van der Waals surface area contributed by atoms with E-state index in [1.807, 2.05) is 41.0 Å². The summed E-state index contributed by atoms with van der Waals surface area (Å²) < 4.78 is 33.7. The van der Waals surface area contributed by atoms with Gasteiger partial charge in [0.15, 0.2) is 15.7 Å². The van der Waals surface area contributed by atoms with Crippen molar-refractivity contribution in [1.29, 1.82) is 0 Å². The van der Waals surface area contributed by atoms with E-state index >= 15 is 0 Å². The van der Waals surface area contributed by atoms with Gasteiger partial charge in [0.2, 0.25) is 4.77 Å². The zero-order valence-corrected chi connectivity index (χ0v) is 19.8. The number of methoxy groups -OCH3 is 1. The first kappa shape index (κ1) is 22.6. The van der Waals surface area contributed by atoms with Gasteiger partial charge in [-0.3, -0.25) is 14.5 Å². The summed E-state index contributed by atoms with van der Waals surface area (Å²) in [5.74, 6) is 1.90. The van der Waals surface area contributed by atoms with E-state index in [4.69, 9.17) is 22.1 Å². The van der Waals surface area contributed by atoms with Crippen LogP contribution in [0.4, 0.5) is 0 Å². The second kappa shape index (κ2) is 9.51. The Morgan fingerprint density at radius 3 is 2.50 bits per heavy atom. The number of hydrogen-bond acceptors (Lipinski definition) is 7. The molecule has 32 heavy (non-hydrogen) atoms. The molecule has 0 saturated carbocycles. The minimum absolute atomic E-state index is 0.0163. The van der Waals surface area contributed by atoms with Gasteiger partial charge in [0, 0.05) is 24.0 Å².